The number of hydrogen-bond donors (Lipinski definition) is 2. The number of nitrogens with one attached hydrogen (secondary N) is 2. The first kappa shape index (κ1) is 17.6. The summed E-state index contributed by atoms with van der Waals surface area (Å²) in [5.74, 6) is 1.45. The number of hydrogen-bond acceptors (Lipinski definition) is 5. The van der Waals surface area contributed by atoms with E-state index in [9.17, 15) is 4.79 Å². The Hall–Kier alpha value is -2.77. The molecule has 0 unspecified atom stereocenters. The van der Waals surface area contributed by atoms with Crippen LogP contribution >= 0.6 is 22.9 Å². The van der Waals surface area contributed by atoms with E-state index in [1.807, 2.05) is 35.7 Å². The fourth-order valence-corrected chi connectivity index (χ4v) is 3.43. The molecule has 1 aromatic heterocycles. The Kier molecular flexibility index (Phi) is 5.13. The van der Waals surface area contributed by atoms with Crippen molar-refractivity contribution < 1.29 is 14.3 Å². The van der Waals surface area contributed by atoms with Gasteiger partial charge in [0, 0.05) is 22.5 Å². The Balaban J connectivity index is 1.37. The molecule has 27 heavy (non-hydrogen) atoms. The highest BCUT2D eigenvalue weighted by atomic mass is 35.5. The molecular formula is C19H16ClN3O3S. The van der Waals surface area contributed by atoms with Crippen LogP contribution in [0.5, 0.6) is 11.5 Å². The monoisotopic (exact) mass is 401 g/mol. The number of thiazole rings is 1. The number of aromatic nitrogens is 1. The first-order valence-electron chi connectivity index (χ1n) is 8.32. The van der Waals surface area contributed by atoms with Crippen molar-refractivity contribution in [3.05, 3.63) is 58.4 Å². The predicted molar refractivity (Wildman–Crippen MR) is 106 cm³/mol. The number of halogens is 1. The summed E-state index contributed by atoms with van der Waals surface area (Å²) in [6.45, 7) is 1.50. The lowest BCUT2D eigenvalue weighted by atomic mass is 10.1. The van der Waals surface area contributed by atoms with Crippen molar-refractivity contribution in [2.24, 2.45) is 0 Å². The van der Waals surface area contributed by atoms with Gasteiger partial charge in [-0.25, -0.2) is 9.78 Å². The van der Waals surface area contributed by atoms with Crippen LogP contribution in [-0.2, 0) is 6.54 Å². The summed E-state index contributed by atoms with van der Waals surface area (Å²) in [6.07, 6.45) is 0. The van der Waals surface area contributed by atoms with Crippen LogP contribution in [0.2, 0.25) is 5.02 Å². The quantitative estimate of drug-likeness (QED) is 0.672. The zero-order valence-corrected chi connectivity index (χ0v) is 15.8. The fourth-order valence-electron chi connectivity index (χ4n) is 2.59. The lowest BCUT2D eigenvalue weighted by Crippen LogP contribution is -2.28. The second-order valence-corrected chi connectivity index (χ2v) is 7.13. The van der Waals surface area contributed by atoms with Gasteiger partial charge in [-0.3, -0.25) is 5.32 Å². The average molecular weight is 402 g/mol. The van der Waals surface area contributed by atoms with E-state index in [-0.39, 0.29) is 6.03 Å². The highest BCUT2D eigenvalue weighted by molar-refractivity contribution is 7.14. The molecule has 0 atom stereocenters. The molecule has 0 spiro atoms. The summed E-state index contributed by atoms with van der Waals surface area (Å²) in [6, 6.07) is 12.7. The van der Waals surface area contributed by atoms with Gasteiger partial charge in [0.15, 0.2) is 16.6 Å². The third-order valence-electron chi connectivity index (χ3n) is 3.93. The zero-order chi connectivity index (χ0) is 18.6. The van der Waals surface area contributed by atoms with Crippen LogP contribution in [-0.4, -0.2) is 24.2 Å². The Morgan fingerprint density at radius 3 is 2.70 bits per heavy atom. The molecule has 2 N–H and O–H groups in total. The molecule has 4 rings (SSSR count). The van der Waals surface area contributed by atoms with Gasteiger partial charge in [0.1, 0.15) is 13.2 Å². The fraction of sp³-hybridized carbons (Fsp3) is 0.158. The van der Waals surface area contributed by atoms with Gasteiger partial charge < -0.3 is 14.8 Å². The van der Waals surface area contributed by atoms with Crippen LogP contribution in [0.1, 0.15) is 5.56 Å². The average Bonchev–Trinajstić information content (AvgIpc) is 3.15. The number of anilines is 1. The number of amides is 2. The Morgan fingerprint density at radius 1 is 1.11 bits per heavy atom. The van der Waals surface area contributed by atoms with Gasteiger partial charge >= 0.3 is 6.03 Å². The lowest BCUT2D eigenvalue weighted by molar-refractivity contribution is 0.171. The van der Waals surface area contributed by atoms with Crippen molar-refractivity contribution in [2.45, 2.75) is 6.54 Å². The van der Waals surface area contributed by atoms with Crippen molar-refractivity contribution in [3.63, 3.8) is 0 Å². The molecule has 1 aliphatic heterocycles. The summed E-state index contributed by atoms with van der Waals surface area (Å²) in [4.78, 5) is 16.5. The standard InChI is InChI=1S/C19H16ClN3O3S/c20-14-4-1-12(2-5-14)10-21-18(24)23-19-22-15(11-27-19)13-3-6-16-17(9-13)26-8-7-25-16/h1-6,9,11H,7-8,10H2,(H2,21,22,23,24). The van der Waals surface area contributed by atoms with Crippen LogP contribution < -0.4 is 20.1 Å². The number of carbonyl (C=O) groups is 1. The molecule has 138 valence electrons. The molecule has 0 bridgehead atoms. The normalized spacial score (nSPS) is 12.5. The number of carbonyl (C=O) groups excluding carboxylic acids is 1. The van der Waals surface area contributed by atoms with Gasteiger partial charge in [-0.15, -0.1) is 11.3 Å². The minimum Gasteiger partial charge on any atom is -0.486 e. The van der Waals surface area contributed by atoms with Crippen LogP contribution in [0, 0.1) is 0 Å². The third kappa shape index (κ3) is 4.32. The SMILES string of the molecule is O=C(NCc1ccc(Cl)cc1)Nc1nc(-c2ccc3c(c2)OCCO3)cs1. The second kappa shape index (κ2) is 7.85. The topological polar surface area (TPSA) is 72.5 Å². The largest absolute Gasteiger partial charge is 0.486 e. The van der Waals surface area contributed by atoms with Crippen molar-refractivity contribution in [1.29, 1.82) is 0 Å². The molecule has 3 aromatic rings. The number of urea groups is 1. The van der Waals surface area contributed by atoms with Gasteiger partial charge in [-0.2, -0.15) is 0 Å². The third-order valence-corrected chi connectivity index (χ3v) is 4.94. The van der Waals surface area contributed by atoms with Crippen molar-refractivity contribution >= 4 is 34.1 Å². The number of fused-ring (bicyclic) bond motifs is 1. The van der Waals surface area contributed by atoms with E-state index >= 15 is 0 Å². The first-order valence-corrected chi connectivity index (χ1v) is 9.58. The maximum atomic E-state index is 12.1. The minimum absolute atomic E-state index is 0.312. The van der Waals surface area contributed by atoms with E-state index in [1.54, 1.807) is 12.1 Å². The molecule has 2 amide bonds. The zero-order valence-electron chi connectivity index (χ0n) is 14.2. The molecule has 8 heteroatoms. The molecule has 1 aliphatic rings. The van der Waals surface area contributed by atoms with Crippen molar-refractivity contribution in [2.75, 3.05) is 18.5 Å². The van der Waals surface area contributed by atoms with Crippen molar-refractivity contribution in [1.82, 2.24) is 10.3 Å². The Morgan fingerprint density at radius 2 is 1.89 bits per heavy atom. The molecule has 2 aromatic carbocycles. The van der Waals surface area contributed by atoms with Crippen LogP contribution in [0.25, 0.3) is 11.3 Å². The van der Waals surface area contributed by atoms with Crippen LogP contribution in [0.3, 0.4) is 0 Å². The molecule has 2 heterocycles. The first-order chi connectivity index (χ1) is 13.2. The van der Waals surface area contributed by atoms with Gasteiger partial charge in [0.25, 0.3) is 0 Å². The Bertz CT molecular complexity index is 959. The summed E-state index contributed by atoms with van der Waals surface area (Å²) < 4.78 is 11.1. The van der Waals surface area contributed by atoms with E-state index in [0.29, 0.717) is 35.7 Å². The molecule has 0 aliphatic carbocycles. The van der Waals surface area contributed by atoms with Gasteiger partial charge in [0.05, 0.1) is 5.69 Å². The van der Waals surface area contributed by atoms with Gasteiger partial charge in [0.2, 0.25) is 0 Å². The van der Waals surface area contributed by atoms with Crippen LogP contribution in [0.15, 0.2) is 47.8 Å². The van der Waals surface area contributed by atoms with Crippen molar-refractivity contribution in [3.8, 4) is 22.8 Å². The molecule has 0 saturated heterocycles. The second-order valence-electron chi connectivity index (χ2n) is 5.83. The molecule has 0 saturated carbocycles. The number of nitrogens with zero attached hydrogens (tertiary/aromatic N) is 1. The van der Waals surface area contributed by atoms with Crippen LogP contribution in [0.4, 0.5) is 9.93 Å². The summed E-state index contributed by atoms with van der Waals surface area (Å²) in [7, 11) is 0. The van der Waals surface area contributed by atoms with E-state index < -0.39 is 0 Å². The van der Waals surface area contributed by atoms with Gasteiger partial charge in [-0.05, 0) is 35.9 Å². The molecule has 6 nitrogen and oxygen atoms in total. The number of benzene rings is 2. The smallest absolute Gasteiger partial charge is 0.321 e. The number of rotatable bonds is 4. The summed E-state index contributed by atoms with van der Waals surface area (Å²) in [5, 5.41) is 8.62. The lowest BCUT2D eigenvalue weighted by Gasteiger charge is -2.18. The van der Waals surface area contributed by atoms with E-state index in [2.05, 4.69) is 15.6 Å². The highest BCUT2D eigenvalue weighted by Gasteiger charge is 2.14. The Labute approximate surface area is 165 Å². The summed E-state index contributed by atoms with van der Waals surface area (Å²) in [5.41, 5.74) is 2.64. The van der Waals surface area contributed by atoms with E-state index in [1.165, 1.54) is 11.3 Å². The minimum atomic E-state index is -0.312. The van der Waals surface area contributed by atoms with E-state index in [4.69, 9.17) is 21.1 Å². The number of ether oxygens (including phenoxy) is 2. The van der Waals surface area contributed by atoms with Gasteiger partial charge in [-0.1, -0.05) is 23.7 Å². The maximum Gasteiger partial charge on any atom is 0.321 e. The molecule has 0 fully saturated rings. The predicted octanol–water partition coefficient (Wildman–Crippen LogP) is 4.56. The van der Waals surface area contributed by atoms with E-state index in [0.717, 1.165) is 22.6 Å². The maximum absolute atomic E-state index is 12.1. The highest BCUT2D eigenvalue weighted by Crippen LogP contribution is 2.35. The molecular weight excluding hydrogens is 386 g/mol. The molecule has 0 radical (unpaired) electrons. The summed E-state index contributed by atoms with van der Waals surface area (Å²) >= 11 is 7.21.